The maximum atomic E-state index is 13.1. The van der Waals surface area contributed by atoms with Gasteiger partial charge in [0.1, 0.15) is 11.9 Å². The Morgan fingerprint density at radius 3 is 2.76 bits per heavy atom. The zero-order chi connectivity index (χ0) is 17.2. The topological polar surface area (TPSA) is 48.0 Å². The van der Waals surface area contributed by atoms with Gasteiger partial charge in [-0.05, 0) is 35.4 Å². The Kier molecular flexibility index (Phi) is 4.28. The minimum Gasteiger partial charge on any atom is -0.454 e. The van der Waals surface area contributed by atoms with Crippen LogP contribution < -0.4 is 9.47 Å². The molecule has 1 atom stereocenters. The summed E-state index contributed by atoms with van der Waals surface area (Å²) in [5.41, 5.74) is 1.76. The molecule has 2 aliphatic heterocycles. The van der Waals surface area contributed by atoms with Crippen molar-refractivity contribution in [1.82, 2.24) is 4.90 Å². The van der Waals surface area contributed by atoms with E-state index in [2.05, 4.69) is 0 Å². The van der Waals surface area contributed by atoms with Crippen molar-refractivity contribution in [3.05, 3.63) is 59.4 Å². The molecule has 0 unspecified atom stereocenters. The van der Waals surface area contributed by atoms with Crippen molar-refractivity contribution in [2.24, 2.45) is 0 Å². The standard InChI is InChI=1S/C19H18FNO4/c20-15-4-2-14(3-5-15)18-11-21(7-8-23-18)19(22)10-13-1-6-16-17(9-13)25-12-24-16/h1-6,9,18H,7-8,10-12H2/t18-/m0/s1. The SMILES string of the molecule is O=C(Cc1ccc2c(c1)OCO2)N1CCO[C@H](c2ccc(F)cc2)C1. The van der Waals surface area contributed by atoms with Crippen molar-refractivity contribution in [3.63, 3.8) is 0 Å². The summed E-state index contributed by atoms with van der Waals surface area (Å²) in [5.74, 6) is 1.14. The minimum atomic E-state index is -0.282. The third kappa shape index (κ3) is 3.44. The van der Waals surface area contributed by atoms with E-state index < -0.39 is 0 Å². The molecule has 6 heteroatoms. The van der Waals surface area contributed by atoms with Crippen LogP contribution in [0.5, 0.6) is 11.5 Å². The maximum Gasteiger partial charge on any atom is 0.231 e. The molecule has 25 heavy (non-hydrogen) atoms. The molecule has 2 aromatic rings. The Morgan fingerprint density at radius 1 is 1.12 bits per heavy atom. The molecule has 5 nitrogen and oxygen atoms in total. The van der Waals surface area contributed by atoms with Crippen LogP contribution in [0.4, 0.5) is 4.39 Å². The fourth-order valence-electron chi connectivity index (χ4n) is 3.09. The first-order valence-electron chi connectivity index (χ1n) is 8.22. The van der Waals surface area contributed by atoms with Crippen LogP contribution in [0.2, 0.25) is 0 Å². The number of halogens is 1. The average Bonchev–Trinajstić information content (AvgIpc) is 3.10. The number of rotatable bonds is 3. The number of hydrogen-bond acceptors (Lipinski definition) is 4. The Balaban J connectivity index is 1.42. The van der Waals surface area contributed by atoms with E-state index in [4.69, 9.17) is 14.2 Å². The van der Waals surface area contributed by atoms with E-state index in [9.17, 15) is 9.18 Å². The molecule has 0 radical (unpaired) electrons. The summed E-state index contributed by atoms with van der Waals surface area (Å²) in [4.78, 5) is 14.4. The second-order valence-electron chi connectivity index (χ2n) is 6.12. The van der Waals surface area contributed by atoms with E-state index in [1.54, 1.807) is 17.0 Å². The van der Waals surface area contributed by atoms with E-state index in [-0.39, 0.29) is 24.6 Å². The minimum absolute atomic E-state index is 0.0364. The van der Waals surface area contributed by atoms with Crippen LogP contribution in [-0.4, -0.2) is 37.3 Å². The quantitative estimate of drug-likeness (QED) is 0.860. The van der Waals surface area contributed by atoms with Gasteiger partial charge in [0.15, 0.2) is 11.5 Å². The first-order chi connectivity index (χ1) is 12.2. The van der Waals surface area contributed by atoms with Gasteiger partial charge >= 0.3 is 0 Å². The van der Waals surface area contributed by atoms with Crippen LogP contribution in [0.1, 0.15) is 17.2 Å². The molecule has 1 saturated heterocycles. The number of amides is 1. The largest absolute Gasteiger partial charge is 0.454 e. The molecule has 130 valence electrons. The van der Waals surface area contributed by atoms with Gasteiger partial charge < -0.3 is 19.1 Å². The lowest BCUT2D eigenvalue weighted by Gasteiger charge is -2.33. The second kappa shape index (κ2) is 6.72. The van der Waals surface area contributed by atoms with Gasteiger partial charge in [-0.2, -0.15) is 0 Å². The molecule has 0 aromatic heterocycles. The first kappa shape index (κ1) is 15.9. The molecule has 0 saturated carbocycles. The molecule has 1 amide bonds. The van der Waals surface area contributed by atoms with Crippen molar-refractivity contribution in [2.45, 2.75) is 12.5 Å². The number of nitrogens with zero attached hydrogens (tertiary/aromatic N) is 1. The molecule has 4 rings (SSSR count). The predicted molar refractivity (Wildman–Crippen MR) is 87.9 cm³/mol. The summed E-state index contributed by atoms with van der Waals surface area (Å²) in [6, 6.07) is 11.8. The zero-order valence-corrected chi connectivity index (χ0v) is 13.6. The zero-order valence-electron chi connectivity index (χ0n) is 13.6. The third-order valence-corrected chi connectivity index (χ3v) is 4.45. The highest BCUT2D eigenvalue weighted by Crippen LogP contribution is 2.33. The number of carbonyl (C=O) groups excluding carboxylic acids is 1. The lowest BCUT2D eigenvalue weighted by molar-refractivity contribution is -0.138. The molecule has 0 aliphatic carbocycles. The lowest BCUT2D eigenvalue weighted by Crippen LogP contribution is -2.42. The smallest absolute Gasteiger partial charge is 0.231 e. The van der Waals surface area contributed by atoms with Crippen LogP contribution in [0, 0.1) is 5.82 Å². The van der Waals surface area contributed by atoms with Crippen LogP contribution in [0.25, 0.3) is 0 Å². The number of morpholine rings is 1. The number of hydrogen-bond donors (Lipinski definition) is 0. The molecule has 2 aliphatic rings. The van der Waals surface area contributed by atoms with Crippen LogP contribution in [0.15, 0.2) is 42.5 Å². The summed E-state index contributed by atoms with van der Waals surface area (Å²) in [6.07, 6.45) is 0.0716. The van der Waals surface area contributed by atoms with Gasteiger partial charge in [0, 0.05) is 6.54 Å². The fraction of sp³-hybridized carbons (Fsp3) is 0.316. The summed E-state index contributed by atoms with van der Waals surface area (Å²) in [7, 11) is 0. The first-order valence-corrected chi connectivity index (χ1v) is 8.22. The van der Waals surface area contributed by atoms with E-state index in [0.717, 1.165) is 11.1 Å². The lowest BCUT2D eigenvalue weighted by atomic mass is 10.1. The summed E-state index contributed by atoms with van der Waals surface area (Å²) < 4.78 is 29.5. The van der Waals surface area contributed by atoms with Crippen LogP contribution >= 0.6 is 0 Å². The Bertz CT molecular complexity index is 777. The molecule has 2 aromatic carbocycles. The molecule has 1 fully saturated rings. The Morgan fingerprint density at radius 2 is 1.92 bits per heavy atom. The number of ether oxygens (including phenoxy) is 3. The summed E-state index contributed by atoms with van der Waals surface area (Å²) in [6.45, 7) is 1.71. The van der Waals surface area contributed by atoms with Crippen LogP contribution in [-0.2, 0) is 16.0 Å². The molecule has 2 heterocycles. The van der Waals surface area contributed by atoms with Crippen molar-refractivity contribution in [2.75, 3.05) is 26.5 Å². The second-order valence-corrected chi connectivity index (χ2v) is 6.12. The van der Waals surface area contributed by atoms with Crippen molar-refractivity contribution < 1.29 is 23.4 Å². The van der Waals surface area contributed by atoms with E-state index >= 15 is 0 Å². The normalized spacial score (nSPS) is 19.1. The molecule has 0 bridgehead atoms. The van der Waals surface area contributed by atoms with Crippen molar-refractivity contribution in [1.29, 1.82) is 0 Å². The van der Waals surface area contributed by atoms with Gasteiger partial charge in [0.25, 0.3) is 0 Å². The molecular weight excluding hydrogens is 325 g/mol. The van der Waals surface area contributed by atoms with Gasteiger partial charge in [-0.25, -0.2) is 4.39 Å². The molecule has 0 spiro atoms. The molecule has 0 N–H and O–H groups in total. The number of fused-ring (bicyclic) bond motifs is 1. The fourth-order valence-corrected chi connectivity index (χ4v) is 3.09. The van der Waals surface area contributed by atoms with E-state index in [0.29, 0.717) is 37.6 Å². The summed E-state index contributed by atoms with van der Waals surface area (Å²) in [5, 5.41) is 0. The van der Waals surface area contributed by atoms with E-state index in [1.807, 2.05) is 18.2 Å². The predicted octanol–water partition coefficient (Wildman–Crippen LogP) is 2.70. The Hall–Kier alpha value is -2.60. The highest BCUT2D eigenvalue weighted by molar-refractivity contribution is 5.79. The van der Waals surface area contributed by atoms with Gasteiger partial charge in [0.05, 0.1) is 19.6 Å². The van der Waals surface area contributed by atoms with Gasteiger partial charge in [-0.1, -0.05) is 18.2 Å². The van der Waals surface area contributed by atoms with Gasteiger partial charge in [0.2, 0.25) is 12.7 Å². The highest BCUT2D eigenvalue weighted by atomic mass is 19.1. The number of benzene rings is 2. The highest BCUT2D eigenvalue weighted by Gasteiger charge is 2.26. The maximum absolute atomic E-state index is 13.1. The third-order valence-electron chi connectivity index (χ3n) is 4.45. The Labute approximate surface area is 144 Å². The van der Waals surface area contributed by atoms with E-state index in [1.165, 1.54) is 12.1 Å². The number of carbonyl (C=O) groups is 1. The van der Waals surface area contributed by atoms with Crippen molar-refractivity contribution >= 4 is 5.91 Å². The van der Waals surface area contributed by atoms with Gasteiger partial charge in [-0.15, -0.1) is 0 Å². The van der Waals surface area contributed by atoms with Gasteiger partial charge in [-0.3, -0.25) is 4.79 Å². The van der Waals surface area contributed by atoms with Crippen molar-refractivity contribution in [3.8, 4) is 11.5 Å². The monoisotopic (exact) mass is 343 g/mol. The average molecular weight is 343 g/mol. The summed E-state index contributed by atoms with van der Waals surface area (Å²) >= 11 is 0. The molecular formula is C19H18FNO4. The van der Waals surface area contributed by atoms with Crippen LogP contribution in [0.3, 0.4) is 0 Å².